The van der Waals surface area contributed by atoms with Crippen LogP contribution in [0.4, 0.5) is 0 Å². The smallest absolute Gasteiger partial charge is 0.191 e. The van der Waals surface area contributed by atoms with Gasteiger partial charge in [-0.05, 0) is 39.0 Å². The van der Waals surface area contributed by atoms with Gasteiger partial charge in [0.15, 0.2) is 5.96 Å². The first-order valence-electron chi connectivity index (χ1n) is 8.92. The van der Waals surface area contributed by atoms with E-state index in [9.17, 15) is 0 Å². The van der Waals surface area contributed by atoms with Crippen LogP contribution in [-0.4, -0.2) is 51.0 Å². The van der Waals surface area contributed by atoms with Gasteiger partial charge in [-0.3, -0.25) is 4.99 Å². The maximum absolute atomic E-state index is 5.94. The molecule has 128 valence electrons. The van der Waals surface area contributed by atoms with Crippen molar-refractivity contribution in [3.63, 3.8) is 0 Å². The van der Waals surface area contributed by atoms with Crippen LogP contribution in [0.15, 0.2) is 4.99 Å². The predicted molar refractivity (Wildman–Crippen MR) is 90.4 cm³/mol. The number of rotatable bonds is 7. The summed E-state index contributed by atoms with van der Waals surface area (Å²) >= 11 is 0. The third-order valence-electron chi connectivity index (χ3n) is 4.67. The Bertz CT molecular complexity index is 335. The fourth-order valence-corrected chi connectivity index (χ4v) is 3.23. The van der Waals surface area contributed by atoms with Crippen LogP contribution in [0, 0.1) is 0 Å². The van der Waals surface area contributed by atoms with E-state index >= 15 is 0 Å². The summed E-state index contributed by atoms with van der Waals surface area (Å²) in [5.74, 6) is 0.856. The molecule has 1 unspecified atom stereocenters. The lowest BCUT2D eigenvalue weighted by molar-refractivity contribution is 0.0239. The van der Waals surface area contributed by atoms with E-state index in [2.05, 4.69) is 22.5 Å². The Morgan fingerprint density at radius 1 is 1.23 bits per heavy atom. The van der Waals surface area contributed by atoms with Crippen LogP contribution in [0.5, 0.6) is 0 Å². The van der Waals surface area contributed by atoms with Gasteiger partial charge in [-0.25, -0.2) is 0 Å². The molecule has 2 fully saturated rings. The van der Waals surface area contributed by atoms with Crippen LogP contribution in [-0.2, 0) is 9.47 Å². The van der Waals surface area contributed by atoms with E-state index < -0.39 is 0 Å². The molecule has 0 amide bonds. The molecule has 1 saturated heterocycles. The molecule has 1 saturated carbocycles. The largest absolute Gasteiger partial charge is 0.378 e. The second-order valence-electron chi connectivity index (χ2n) is 6.74. The number of ether oxygens (including phenoxy) is 2. The standard InChI is InChI=1S/C17H33N3O2/c1-17(10-6-13-22-17)14-20-16(18-2)19-11-7-12-21-15-8-4-3-5-9-15/h15H,3-14H2,1-2H3,(H2,18,19,20). The lowest BCUT2D eigenvalue weighted by Gasteiger charge is -2.25. The Kier molecular flexibility index (Phi) is 7.46. The van der Waals surface area contributed by atoms with Gasteiger partial charge in [0, 0.05) is 33.4 Å². The number of hydrogen-bond acceptors (Lipinski definition) is 3. The highest BCUT2D eigenvalue weighted by molar-refractivity contribution is 5.79. The Morgan fingerprint density at radius 3 is 2.73 bits per heavy atom. The van der Waals surface area contributed by atoms with Gasteiger partial charge in [-0.15, -0.1) is 0 Å². The minimum Gasteiger partial charge on any atom is -0.378 e. The topological polar surface area (TPSA) is 54.9 Å². The highest BCUT2D eigenvalue weighted by Crippen LogP contribution is 2.23. The van der Waals surface area contributed by atoms with Crippen LogP contribution in [0.1, 0.15) is 58.3 Å². The molecule has 2 aliphatic rings. The zero-order chi connectivity index (χ0) is 15.7. The first-order valence-corrected chi connectivity index (χ1v) is 8.92. The zero-order valence-electron chi connectivity index (χ0n) is 14.3. The van der Waals surface area contributed by atoms with Crippen LogP contribution in [0.3, 0.4) is 0 Å². The maximum Gasteiger partial charge on any atom is 0.191 e. The average molecular weight is 311 g/mol. The number of nitrogens with one attached hydrogen (secondary N) is 2. The van der Waals surface area contributed by atoms with Gasteiger partial charge in [0.25, 0.3) is 0 Å². The quantitative estimate of drug-likeness (QED) is 0.431. The second kappa shape index (κ2) is 9.36. The molecule has 1 aliphatic carbocycles. The molecule has 0 radical (unpaired) electrons. The molecule has 0 bridgehead atoms. The van der Waals surface area contributed by atoms with E-state index in [0.717, 1.165) is 51.5 Å². The molecule has 0 aromatic heterocycles. The highest BCUT2D eigenvalue weighted by Gasteiger charge is 2.29. The van der Waals surface area contributed by atoms with Crippen molar-refractivity contribution < 1.29 is 9.47 Å². The first kappa shape index (κ1) is 17.5. The monoisotopic (exact) mass is 311 g/mol. The molecular formula is C17H33N3O2. The fraction of sp³-hybridized carbons (Fsp3) is 0.941. The summed E-state index contributed by atoms with van der Waals surface area (Å²) in [5, 5.41) is 6.72. The summed E-state index contributed by atoms with van der Waals surface area (Å²) < 4.78 is 11.7. The van der Waals surface area contributed by atoms with Gasteiger partial charge in [0.2, 0.25) is 0 Å². The summed E-state index contributed by atoms with van der Waals surface area (Å²) in [6.07, 6.45) is 10.3. The van der Waals surface area contributed by atoms with Crippen LogP contribution < -0.4 is 10.6 Å². The number of aliphatic imine (C=N–C) groups is 1. The van der Waals surface area contributed by atoms with Crippen molar-refractivity contribution in [2.75, 3.05) is 33.4 Å². The van der Waals surface area contributed by atoms with Crippen molar-refractivity contribution in [3.05, 3.63) is 0 Å². The average Bonchev–Trinajstić information content (AvgIpc) is 2.98. The van der Waals surface area contributed by atoms with Crippen LogP contribution in [0.25, 0.3) is 0 Å². The molecule has 2 N–H and O–H groups in total. The number of guanidine groups is 1. The van der Waals surface area contributed by atoms with Gasteiger partial charge in [-0.2, -0.15) is 0 Å². The molecule has 0 aromatic rings. The highest BCUT2D eigenvalue weighted by atomic mass is 16.5. The Balaban J connectivity index is 1.52. The summed E-state index contributed by atoms with van der Waals surface area (Å²) in [6, 6.07) is 0. The van der Waals surface area contributed by atoms with Crippen molar-refractivity contribution in [2.24, 2.45) is 4.99 Å². The molecule has 2 rings (SSSR count). The Morgan fingerprint density at radius 2 is 2.05 bits per heavy atom. The molecule has 22 heavy (non-hydrogen) atoms. The van der Waals surface area contributed by atoms with Crippen molar-refractivity contribution >= 4 is 5.96 Å². The Hall–Kier alpha value is -0.810. The summed E-state index contributed by atoms with van der Waals surface area (Å²) in [5.41, 5.74) is -0.0400. The Labute approximate surface area is 135 Å². The van der Waals surface area contributed by atoms with Crippen LogP contribution >= 0.6 is 0 Å². The van der Waals surface area contributed by atoms with Gasteiger partial charge >= 0.3 is 0 Å². The second-order valence-corrected chi connectivity index (χ2v) is 6.74. The molecule has 1 heterocycles. The molecular weight excluding hydrogens is 278 g/mol. The first-order chi connectivity index (χ1) is 10.7. The van der Waals surface area contributed by atoms with E-state index in [1.807, 2.05) is 7.05 Å². The van der Waals surface area contributed by atoms with Crippen LogP contribution in [0.2, 0.25) is 0 Å². The van der Waals surface area contributed by atoms with Crippen molar-refractivity contribution in [1.29, 1.82) is 0 Å². The molecule has 5 nitrogen and oxygen atoms in total. The summed E-state index contributed by atoms with van der Waals surface area (Å²) in [4.78, 5) is 4.27. The predicted octanol–water partition coefficient (Wildman–Crippen LogP) is 2.46. The lowest BCUT2D eigenvalue weighted by Crippen LogP contribution is -2.45. The molecule has 0 aromatic carbocycles. The van der Waals surface area contributed by atoms with E-state index in [4.69, 9.17) is 9.47 Å². The third-order valence-corrected chi connectivity index (χ3v) is 4.67. The SMILES string of the molecule is CN=C(NCCCOC1CCCCC1)NCC1(C)CCCO1. The third kappa shape index (κ3) is 6.13. The molecule has 0 spiro atoms. The lowest BCUT2D eigenvalue weighted by atomic mass is 9.98. The normalized spacial score (nSPS) is 27.1. The van der Waals surface area contributed by atoms with E-state index in [0.29, 0.717) is 6.10 Å². The summed E-state index contributed by atoms with van der Waals surface area (Å²) in [7, 11) is 1.81. The van der Waals surface area contributed by atoms with Gasteiger partial charge < -0.3 is 20.1 Å². The number of nitrogens with zero attached hydrogens (tertiary/aromatic N) is 1. The van der Waals surface area contributed by atoms with Gasteiger partial charge in [-0.1, -0.05) is 19.3 Å². The molecule has 1 atom stereocenters. The van der Waals surface area contributed by atoms with E-state index in [1.165, 1.54) is 32.1 Å². The zero-order valence-corrected chi connectivity index (χ0v) is 14.3. The van der Waals surface area contributed by atoms with E-state index in [1.54, 1.807) is 0 Å². The summed E-state index contributed by atoms with van der Waals surface area (Å²) in [6.45, 7) is 5.59. The minimum atomic E-state index is -0.0400. The van der Waals surface area contributed by atoms with Crippen molar-refractivity contribution in [2.45, 2.75) is 70.0 Å². The molecule has 1 aliphatic heterocycles. The fourth-order valence-electron chi connectivity index (χ4n) is 3.23. The number of hydrogen-bond donors (Lipinski definition) is 2. The van der Waals surface area contributed by atoms with Gasteiger partial charge in [0.1, 0.15) is 0 Å². The van der Waals surface area contributed by atoms with Gasteiger partial charge in [0.05, 0.1) is 11.7 Å². The van der Waals surface area contributed by atoms with E-state index in [-0.39, 0.29) is 5.60 Å². The molecule has 5 heteroatoms. The maximum atomic E-state index is 5.94. The van der Waals surface area contributed by atoms with Crippen molar-refractivity contribution in [1.82, 2.24) is 10.6 Å². The van der Waals surface area contributed by atoms with Crippen molar-refractivity contribution in [3.8, 4) is 0 Å². The minimum absolute atomic E-state index is 0.0400.